The molecule has 0 aromatic carbocycles. The Morgan fingerprint density at radius 1 is 1.39 bits per heavy atom. The summed E-state index contributed by atoms with van der Waals surface area (Å²) >= 11 is 0. The number of carbonyl (C=O) groups is 2. The lowest BCUT2D eigenvalue weighted by Gasteiger charge is -2.29. The van der Waals surface area contributed by atoms with Crippen molar-refractivity contribution in [1.29, 1.82) is 0 Å². The predicted molar refractivity (Wildman–Crippen MR) is 71.0 cm³/mol. The fourth-order valence-electron chi connectivity index (χ4n) is 2.16. The van der Waals surface area contributed by atoms with Gasteiger partial charge < -0.3 is 16.0 Å². The summed E-state index contributed by atoms with van der Waals surface area (Å²) in [4.78, 5) is 23.6. The van der Waals surface area contributed by atoms with Gasteiger partial charge in [-0.2, -0.15) is 0 Å². The van der Waals surface area contributed by atoms with E-state index in [1.165, 1.54) is 0 Å². The molecule has 1 aliphatic heterocycles. The Kier molecular flexibility index (Phi) is 5.14. The Hall–Kier alpha value is -1.10. The van der Waals surface area contributed by atoms with Gasteiger partial charge >= 0.3 is 0 Å². The molecule has 2 amide bonds. The Morgan fingerprint density at radius 3 is 2.61 bits per heavy atom. The van der Waals surface area contributed by atoms with Gasteiger partial charge in [0.1, 0.15) is 0 Å². The molecule has 0 bridgehead atoms. The van der Waals surface area contributed by atoms with Crippen LogP contribution in [0.4, 0.5) is 0 Å². The second-order valence-electron chi connectivity index (χ2n) is 5.82. The summed E-state index contributed by atoms with van der Waals surface area (Å²) in [5.74, 6) is 0.514. The molecule has 1 fully saturated rings. The van der Waals surface area contributed by atoms with E-state index in [0.717, 1.165) is 19.4 Å². The van der Waals surface area contributed by atoms with Crippen LogP contribution in [0.3, 0.4) is 0 Å². The molecular weight excluding hydrogens is 230 g/mol. The number of hydrogen-bond donors (Lipinski definition) is 3. The van der Waals surface area contributed by atoms with Gasteiger partial charge in [0.25, 0.3) is 0 Å². The first-order valence-electron chi connectivity index (χ1n) is 6.60. The molecule has 1 heterocycles. The van der Waals surface area contributed by atoms with Crippen molar-refractivity contribution < 1.29 is 9.59 Å². The van der Waals surface area contributed by atoms with Gasteiger partial charge in [0.15, 0.2) is 0 Å². The van der Waals surface area contributed by atoms with Crippen molar-refractivity contribution in [2.45, 2.75) is 39.7 Å². The first kappa shape index (κ1) is 15.0. The average molecular weight is 255 g/mol. The van der Waals surface area contributed by atoms with Gasteiger partial charge in [0.2, 0.25) is 11.8 Å². The van der Waals surface area contributed by atoms with Gasteiger partial charge in [-0.25, -0.2) is 0 Å². The highest BCUT2D eigenvalue weighted by Crippen LogP contribution is 2.16. The van der Waals surface area contributed by atoms with Gasteiger partial charge in [0, 0.05) is 13.6 Å². The maximum Gasteiger partial charge on any atom is 0.237 e. The molecule has 1 aliphatic rings. The van der Waals surface area contributed by atoms with Crippen LogP contribution in [-0.4, -0.2) is 38.0 Å². The maximum absolute atomic E-state index is 12.0. The monoisotopic (exact) mass is 255 g/mol. The minimum atomic E-state index is -0.579. The van der Waals surface area contributed by atoms with Crippen LogP contribution >= 0.6 is 0 Å². The van der Waals surface area contributed by atoms with Crippen molar-refractivity contribution in [3.63, 3.8) is 0 Å². The van der Waals surface area contributed by atoms with E-state index in [1.54, 1.807) is 7.05 Å². The molecule has 0 spiro atoms. The predicted octanol–water partition coefficient (Wildman–Crippen LogP) is 0.263. The lowest BCUT2D eigenvalue weighted by molar-refractivity contribution is -0.130. The zero-order valence-electron chi connectivity index (χ0n) is 11.8. The zero-order valence-corrected chi connectivity index (χ0v) is 11.8. The van der Waals surface area contributed by atoms with E-state index in [4.69, 9.17) is 0 Å². The average Bonchev–Trinajstić information content (AvgIpc) is 2.35. The molecule has 0 aromatic heterocycles. The third-order valence-electron chi connectivity index (χ3n) is 3.53. The summed E-state index contributed by atoms with van der Waals surface area (Å²) in [5, 5.41) is 8.69. The molecule has 0 aliphatic carbocycles. The highest BCUT2D eigenvalue weighted by molar-refractivity contribution is 5.85. The largest absolute Gasteiger partial charge is 0.359 e. The molecule has 1 rings (SSSR count). The molecule has 0 saturated carbocycles. The smallest absolute Gasteiger partial charge is 0.237 e. The van der Waals surface area contributed by atoms with Crippen LogP contribution in [0.15, 0.2) is 0 Å². The summed E-state index contributed by atoms with van der Waals surface area (Å²) in [6.07, 6.45) is 1.99. The van der Waals surface area contributed by atoms with Crippen molar-refractivity contribution in [2.75, 3.05) is 20.1 Å². The Labute approximate surface area is 109 Å². The lowest BCUT2D eigenvalue weighted by atomic mass is 9.91. The van der Waals surface area contributed by atoms with E-state index in [0.29, 0.717) is 12.5 Å². The van der Waals surface area contributed by atoms with Crippen LogP contribution in [0.25, 0.3) is 0 Å². The molecule has 104 valence electrons. The first-order chi connectivity index (χ1) is 8.36. The number of piperidine rings is 1. The van der Waals surface area contributed by atoms with Crippen molar-refractivity contribution in [3.05, 3.63) is 0 Å². The number of carbonyl (C=O) groups excluding carboxylic acids is 2. The van der Waals surface area contributed by atoms with Gasteiger partial charge in [-0.1, -0.05) is 6.92 Å². The van der Waals surface area contributed by atoms with Crippen molar-refractivity contribution >= 4 is 11.8 Å². The molecule has 0 radical (unpaired) electrons. The minimum absolute atomic E-state index is 0.00136. The van der Waals surface area contributed by atoms with Crippen LogP contribution in [0.2, 0.25) is 0 Å². The van der Waals surface area contributed by atoms with E-state index >= 15 is 0 Å². The third kappa shape index (κ3) is 3.98. The highest BCUT2D eigenvalue weighted by Gasteiger charge is 2.29. The van der Waals surface area contributed by atoms with Gasteiger partial charge in [-0.05, 0) is 39.2 Å². The number of nitrogens with one attached hydrogen (secondary N) is 3. The van der Waals surface area contributed by atoms with E-state index in [1.807, 2.05) is 13.8 Å². The Balaban J connectivity index is 2.43. The van der Waals surface area contributed by atoms with Crippen LogP contribution < -0.4 is 16.0 Å². The van der Waals surface area contributed by atoms with E-state index in [9.17, 15) is 9.59 Å². The van der Waals surface area contributed by atoms with Crippen LogP contribution in [0, 0.1) is 11.3 Å². The number of amides is 2. The normalized spacial score (nSPS) is 24.4. The summed E-state index contributed by atoms with van der Waals surface area (Å²) < 4.78 is 0. The topological polar surface area (TPSA) is 70.2 Å². The molecule has 3 N–H and O–H groups in total. The highest BCUT2D eigenvalue weighted by atomic mass is 16.2. The number of hydrogen-bond acceptors (Lipinski definition) is 3. The minimum Gasteiger partial charge on any atom is -0.359 e. The molecule has 1 saturated heterocycles. The molecule has 2 unspecified atom stereocenters. The van der Waals surface area contributed by atoms with E-state index in [-0.39, 0.29) is 17.9 Å². The third-order valence-corrected chi connectivity index (χ3v) is 3.53. The quantitative estimate of drug-likeness (QED) is 0.675. The Bertz CT molecular complexity index is 315. The SMILES string of the molecule is CNC(=O)C(C)(C)CNC(=O)C1CC(C)CCN1. The zero-order chi connectivity index (χ0) is 13.8. The number of rotatable bonds is 4. The molecular formula is C13H25N3O2. The van der Waals surface area contributed by atoms with Crippen LogP contribution in [0.5, 0.6) is 0 Å². The lowest BCUT2D eigenvalue weighted by Crippen LogP contribution is -2.51. The summed E-state index contributed by atoms with van der Waals surface area (Å²) in [6, 6.07) is -0.116. The van der Waals surface area contributed by atoms with Crippen LogP contribution in [0.1, 0.15) is 33.6 Å². The Morgan fingerprint density at radius 2 is 2.06 bits per heavy atom. The fourth-order valence-corrected chi connectivity index (χ4v) is 2.16. The van der Waals surface area contributed by atoms with E-state index < -0.39 is 5.41 Å². The standard InChI is InChI=1S/C13H25N3O2/c1-9-5-6-15-10(7-9)11(17)16-8-13(2,3)12(18)14-4/h9-10,15H,5-8H2,1-4H3,(H,14,18)(H,16,17). The molecule has 0 aromatic rings. The van der Waals surface area contributed by atoms with Crippen molar-refractivity contribution in [3.8, 4) is 0 Å². The second-order valence-corrected chi connectivity index (χ2v) is 5.82. The fraction of sp³-hybridized carbons (Fsp3) is 0.846. The summed E-state index contributed by atoms with van der Waals surface area (Å²) in [6.45, 7) is 7.05. The second kappa shape index (κ2) is 6.18. The first-order valence-corrected chi connectivity index (χ1v) is 6.60. The van der Waals surface area contributed by atoms with Crippen LogP contribution in [-0.2, 0) is 9.59 Å². The summed E-state index contributed by atoms with van der Waals surface area (Å²) in [7, 11) is 1.61. The molecule has 5 heteroatoms. The van der Waals surface area contributed by atoms with Crippen molar-refractivity contribution in [2.24, 2.45) is 11.3 Å². The van der Waals surface area contributed by atoms with Gasteiger partial charge in [0.05, 0.1) is 11.5 Å². The maximum atomic E-state index is 12.0. The molecule has 18 heavy (non-hydrogen) atoms. The van der Waals surface area contributed by atoms with Gasteiger partial charge in [-0.3, -0.25) is 9.59 Å². The van der Waals surface area contributed by atoms with Crippen molar-refractivity contribution in [1.82, 2.24) is 16.0 Å². The molecule has 5 nitrogen and oxygen atoms in total. The summed E-state index contributed by atoms with van der Waals surface area (Å²) in [5.41, 5.74) is -0.579. The molecule has 2 atom stereocenters. The van der Waals surface area contributed by atoms with Gasteiger partial charge in [-0.15, -0.1) is 0 Å². The van der Waals surface area contributed by atoms with E-state index in [2.05, 4.69) is 22.9 Å².